The summed E-state index contributed by atoms with van der Waals surface area (Å²) in [4.78, 5) is 0. The number of allylic oxidation sites excluding steroid dienone is 4. The molecular weight excluding hydrogens is 264 g/mol. The standard InChI is InChI=1S/C22H36/c1-17-14-19(3)21(15-18(17)2)10-6-4-5-8-20-9-7-11-22(16-20)12-13-22/h4-6,8,17-21H,7,9-16H2,1-3H3/b6-4+,8-5+. The maximum atomic E-state index is 2.50. The van der Waals surface area contributed by atoms with Crippen molar-refractivity contribution in [1.29, 1.82) is 0 Å². The Hall–Kier alpha value is -0.520. The quantitative estimate of drug-likeness (QED) is 0.502. The third kappa shape index (κ3) is 4.06. The lowest BCUT2D eigenvalue weighted by Crippen LogP contribution is -2.27. The molecule has 3 saturated carbocycles. The molecule has 0 aliphatic heterocycles. The topological polar surface area (TPSA) is 0 Å². The molecule has 0 radical (unpaired) electrons. The summed E-state index contributed by atoms with van der Waals surface area (Å²) in [5.41, 5.74) is 0.807. The van der Waals surface area contributed by atoms with Crippen molar-refractivity contribution in [1.82, 2.24) is 0 Å². The molecule has 0 aromatic carbocycles. The van der Waals surface area contributed by atoms with Gasteiger partial charge in [0.25, 0.3) is 0 Å². The molecule has 3 fully saturated rings. The monoisotopic (exact) mass is 300 g/mol. The first-order chi connectivity index (χ1) is 10.6. The maximum Gasteiger partial charge on any atom is -0.0225 e. The van der Waals surface area contributed by atoms with Crippen LogP contribution in [0.1, 0.15) is 78.6 Å². The van der Waals surface area contributed by atoms with Crippen LogP contribution in [-0.2, 0) is 0 Å². The molecular formula is C22H36. The molecule has 3 rings (SSSR count). The third-order valence-corrected chi connectivity index (χ3v) is 7.20. The number of rotatable bonds is 4. The van der Waals surface area contributed by atoms with E-state index in [4.69, 9.17) is 0 Å². The van der Waals surface area contributed by atoms with Crippen molar-refractivity contribution in [2.45, 2.75) is 78.6 Å². The molecule has 0 heteroatoms. The van der Waals surface area contributed by atoms with Gasteiger partial charge in [-0.05, 0) is 86.4 Å². The van der Waals surface area contributed by atoms with Gasteiger partial charge in [-0.3, -0.25) is 0 Å². The molecule has 0 nitrogen and oxygen atoms in total. The van der Waals surface area contributed by atoms with E-state index >= 15 is 0 Å². The average Bonchev–Trinajstić information content (AvgIpc) is 3.23. The van der Waals surface area contributed by atoms with Gasteiger partial charge < -0.3 is 0 Å². The number of hydrogen-bond acceptors (Lipinski definition) is 0. The molecule has 3 aliphatic rings. The Morgan fingerprint density at radius 3 is 2.45 bits per heavy atom. The molecule has 1 spiro atoms. The summed E-state index contributed by atoms with van der Waals surface area (Å²) in [6, 6.07) is 0. The van der Waals surface area contributed by atoms with Gasteiger partial charge in [0.05, 0.1) is 0 Å². The summed E-state index contributed by atoms with van der Waals surface area (Å²) in [5.74, 6) is 4.54. The van der Waals surface area contributed by atoms with Gasteiger partial charge in [0.15, 0.2) is 0 Å². The van der Waals surface area contributed by atoms with Crippen molar-refractivity contribution < 1.29 is 0 Å². The van der Waals surface area contributed by atoms with Crippen LogP contribution in [0.2, 0.25) is 0 Å². The molecule has 0 bridgehead atoms. The van der Waals surface area contributed by atoms with E-state index in [1.54, 1.807) is 0 Å². The highest BCUT2D eigenvalue weighted by molar-refractivity contribution is 5.08. The molecule has 5 unspecified atom stereocenters. The zero-order chi connectivity index (χ0) is 15.6. The van der Waals surface area contributed by atoms with Crippen LogP contribution in [-0.4, -0.2) is 0 Å². The minimum Gasteiger partial charge on any atom is -0.0843 e. The van der Waals surface area contributed by atoms with Crippen LogP contribution in [0.5, 0.6) is 0 Å². The Bertz CT molecular complexity index is 412. The van der Waals surface area contributed by atoms with Crippen LogP contribution in [0.25, 0.3) is 0 Å². The summed E-state index contributed by atoms with van der Waals surface area (Å²) in [5, 5.41) is 0. The van der Waals surface area contributed by atoms with Gasteiger partial charge in [0.2, 0.25) is 0 Å². The minimum atomic E-state index is 0.807. The average molecular weight is 301 g/mol. The highest BCUT2D eigenvalue weighted by Gasteiger charge is 2.44. The predicted molar refractivity (Wildman–Crippen MR) is 96.7 cm³/mol. The molecule has 0 aromatic heterocycles. The lowest BCUT2D eigenvalue weighted by atomic mass is 9.69. The highest BCUT2D eigenvalue weighted by Crippen LogP contribution is 2.57. The number of hydrogen-bond donors (Lipinski definition) is 0. The first-order valence-electron chi connectivity index (χ1n) is 9.91. The Labute approximate surface area is 138 Å². The van der Waals surface area contributed by atoms with Crippen molar-refractivity contribution in [2.24, 2.45) is 35.0 Å². The Kier molecular flexibility index (Phi) is 5.15. The van der Waals surface area contributed by atoms with Crippen LogP contribution < -0.4 is 0 Å². The molecule has 3 aliphatic carbocycles. The van der Waals surface area contributed by atoms with Crippen LogP contribution in [0.15, 0.2) is 24.3 Å². The van der Waals surface area contributed by atoms with Crippen molar-refractivity contribution >= 4 is 0 Å². The summed E-state index contributed by atoms with van der Waals surface area (Å²) < 4.78 is 0. The van der Waals surface area contributed by atoms with Crippen molar-refractivity contribution in [3.63, 3.8) is 0 Å². The molecule has 22 heavy (non-hydrogen) atoms. The first-order valence-corrected chi connectivity index (χ1v) is 9.91. The lowest BCUT2D eigenvalue weighted by Gasteiger charge is -2.36. The Morgan fingerprint density at radius 2 is 1.68 bits per heavy atom. The van der Waals surface area contributed by atoms with Gasteiger partial charge in [0.1, 0.15) is 0 Å². The zero-order valence-electron chi connectivity index (χ0n) is 15.1. The summed E-state index contributed by atoms with van der Waals surface area (Å²) in [7, 11) is 0. The van der Waals surface area contributed by atoms with E-state index in [-0.39, 0.29) is 0 Å². The fourth-order valence-corrected chi connectivity index (χ4v) is 5.13. The van der Waals surface area contributed by atoms with E-state index < -0.39 is 0 Å². The van der Waals surface area contributed by atoms with Crippen molar-refractivity contribution in [3.8, 4) is 0 Å². The fraction of sp³-hybridized carbons (Fsp3) is 0.818. The van der Waals surface area contributed by atoms with E-state index in [0.29, 0.717) is 0 Å². The lowest BCUT2D eigenvalue weighted by molar-refractivity contribution is 0.146. The van der Waals surface area contributed by atoms with Gasteiger partial charge in [-0.2, -0.15) is 0 Å². The molecule has 124 valence electrons. The van der Waals surface area contributed by atoms with E-state index in [1.165, 1.54) is 57.8 Å². The van der Waals surface area contributed by atoms with Gasteiger partial charge in [-0.1, -0.05) is 51.5 Å². The normalized spacial score (nSPS) is 41.5. The van der Waals surface area contributed by atoms with Gasteiger partial charge in [-0.15, -0.1) is 0 Å². The molecule has 0 aromatic rings. The van der Waals surface area contributed by atoms with Crippen LogP contribution >= 0.6 is 0 Å². The third-order valence-electron chi connectivity index (χ3n) is 7.20. The van der Waals surface area contributed by atoms with Crippen LogP contribution in [0, 0.1) is 35.0 Å². The van der Waals surface area contributed by atoms with Gasteiger partial charge in [-0.25, -0.2) is 0 Å². The van der Waals surface area contributed by atoms with Crippen LogP contribution in [0.4, 0.5) is 0 Å². The second kappa shape index (κ2) is 6.93. The summed E-state index contributed by atoms with van der Waals surface area (Å²) in [6.07, 6.45) is 22.7. The molecule has 0 amide bonds. The Balaban J connectivity index is 1.41. The molecule has 0 N–H and O–H groups in total. The van der Waals surface area contributed by atoms with E-state index in [9.17, 15) is 0 Å². The Morgan fingerprint density at radius 1 is 0.909 bits per heavy atom. The summed E-state index contributed by atoms with van der Waals surface area (Å²) >= 11 is 0. The zero-order valence-corrected chi connectivity index (χ0v) is 15.1. The second-order valence-electron chi connectivity index (χ2n) is 9.07. The fourth-order valence-electron chi connectivity index (χ4n) is 5.13. The predicted octanol–water partition coefficient (Wildman–Crippen LogP) is 6.78. The van der Waals surface area contributed by atoms with E-state index in [0.717, 1.165) is 35.0 Å². The van der Waals surface area contributed by atoms with E-state index in [2.05, 4.69) is 45.1 Å². The largest absolute Gasteiger partial charge is 0.0843 e. The molecule has 5 atom stereocenters. The smallest absolute Gasteiger partial charge is 0.0225 e. The highest BCUT2D eigenvalue weighted by atomic mass is 14.5. The molecule has 0 saturated heterocycles. The SMILES string of the molecule is CC1CC(C)C(C/C=C/C=C/C2CCCC3(CC3)C2)CC1C. The van der Waals surface area contributed by atoms with Gasteiger partial charge in [0, 0.05) is 0 Å². The van der Waals surface area contributed by atoms with Crippen LogP contribution in [0.3, 0.4) is 0 Å². The maximum absolute atomic E-state index is 2.50. The molecule has 0 heterocycles. The summed E-state index contributed by atoms with van der Waals surface area (Å²) in [6.45, 7) is 7.35. The van der Waals surface area contributed by atoms with Crippen molar-refractivity contribution in [3.05, 3.63) is 24.3 Å². The van der Waals surface area contributed by atoms with Crippen molar-refractivity contribution in [2.75, 3.05) is 0 Å². The minimum absolute atomic E-state index is 0.807. The second-order valence-corrected chi connectivity index (χ2v) is 9.07. The van der Waals surface area contributed by atoms with Gasteiger partial charge >= 0.3 is 0 Å². The van der Waals surface area contributed by atoms with E-state index in [1.807, 2.05) is 0 Å². The first kappa shape index (κ1) is 16.3.